The van der Waals surface area contributed by atoms with Crippen molar-refractivity contribution in [2.24, 2.45) is 11.3 Å². The normalized spacial score (nSPS) is 27.6. The third-order valence-electron chi connectivity index (χ3n) is 5.21. The van der Waals surface area contributed by atoms with E-state index in [0.717, 1.165) is 25.9 Å². The number of hydrogen-bond donors (Lipinski definition) is 2. The molecule has 1 aromatic carbocycles. The Bertz CT molecular complexity index is 522. The van der Waals surface area contributed by atoms with Gasteiger partial charge in [-0.1, -0.05) is 30.3 Å². The molecular formula is C18H26N2O3. The van der Waals surface area contributed by atoms with Crippen molar-refractivity contribution in [1.29, 1.82) is 0 Å². The predicted molar refractivity (Wildman–Crippen MR) is 88.0 cm³/mol. The second kappa shape index (κ2) is 7.43. The van der Waals surface area contributed by atoms with E-state index in [0.29, 0.717) is 32.2 Å². The van der Waals surface area contributed by atoms with E-state index in [1.807, 2.05) is 18.2 Å². The zero-order chi connectivity index (χ0) is 16.1. The van der Waals surface area contributed by atoms with Crippen molar-refractivity contribution in [2.75, 3.05) is 46.0 Å². The first-order valence-corrected chi connectivity index (χ1v) is 8.43. The second-order valence-electron chi connectivity index (χ2n) is 6.80. The van der Waals surface area contributed by atoms with E-state index in [2.05, 4.69) is 22.3 Å². The van der Waals surface area contributed by atoms with Crippen LogP contribution in [0.3, 0.4) is 0 Å². The van der Waals surface area contributed by atoms with E-state index in [9.17, 15) is 9.90 Å². The summed E-state index contributed by atoms with van der Waals surface area (Å²) in [4.78, 5) is 14.3. The molecule has 5 nitrogen and oxygen atoms in total. The molecule has 1 amide bonds. The molecule has 0 radical (unpaired) electrons. The van der Waals surface area contributed by atoms with Gasteiger partial charge in [-0.05, 0) is 18.4 Å². The molecule has 1 aromatic rings. The Hall–Kier alpha value is -1.43. The van der Waals surface area contributed by atoms with Gasteiger partial charge in [0.05, 0.1) is 19.8 Å². The lowest BCUT2D eigenvalue weighted by molar-refractivity contribution is -0.122. The first kappa shape index (κ1) is 16.4. The maximum Gasteiger partial charge on any atom is 0.234 e. The number of nitrogens with one attached hydrogen (secondary N) is 1. The lowest BCUT2D eigenvalue weighted by atomic mass is 9.75. The van der Waals surface area contributed by atoms with Gasteiger partial charge in [0, 0.05) is 37.6 Å². The summed E-state index contributed by atoms with van der Waals surface area (Å²) in [6.07, 6.45) is 1.74. The van der Waals surface area contributed by atoms with Crippen LogP contribution in [0, 0.1) is 11.3 Å². The predicted octanol–water partition coefficient (Wildman–Crippen LogP) is 0.676. The van der Waals surface area contributed by atoms with Gasteiger partial charge >= 0.3 is 0 Å². The van der Waals surface area contributed by atoms with Crippen LogP contribution < -0.4 is 5.32 Å². The van der Waals surface area contributed by atoms with Crippen LogP contribution in [0.5, 0.6) is 0 Å². The zero-order valence-electron chi connectivity index (χ0n) is 13.5. The molecule has 23 heavy (non-hydrogen) atoms. The van der Waals surface area contributed by atoms with Crippen molar-refractivity contribution in [3.05, 3.63) is 35.9 Å². The molecule has 0 aromatic heterocycles. The first-order chi connectivity index (χ1) is 11.2. The minimum absolute atomic E-state index is 0.0635. The standard InChI is InChI=1S/C18H26N2O3/c21-14-18-7-9-23-12-16(18)10-20(13-18)11-17(22)19-8-6-15-4-2-1-3-5-15/h1-5,16,21H,6-14H2,(H,19,22)/t16-,18-/m1/s1. The van der Waals surface area contributed by atoms with Crippen LogP contribution >= 0.6 is 0 Å². The van der Waals surface area contributed by atoms with Gasteiger partial charge in [-0.3, -0.25) is 9.69 Å². The van der Waals surface area contributed by atoms with Gasteiger partial charge in [0.1, 0.15) is 0 Å². The molecule has 2 aliphatic heterocycles. The average Bonchev–Trinajstić information content (AvgIpc) is 2.94. The Kier molecular flexibility index (Phi) is 5.30. The lowest BCUT2D eigenvalue weighted by Crippen LogP contribution is -2.42. The molecule has 5 heteroatoms. The molecule has 0 spiro atoms. The van der Waals surface area contributed by atoms with Gasteiger partial charge < -0.3 is 15.2 Å². The fourth-order valence-corrected chi connectivity index (χ4v) is 3.79. The Balaban J connectivity index is 1.43. The number of carbonyl (C=O) groups is 1. The van der Waals surface area contributed by atoms with Crippen LogP contribution in [0.15, 0.2) is 30.3 Å². The van der Waals surface area contributed by atoms with Crippen LogP contribution in [0.2, 0.25) is 0 Å². The molecule has 0 saturated carbocycles. The van der Waals surface area contributed by atoms with Gasteiger partial charge in [0.15, 0.2) is 0 Å². The topological polar surface area (TPSA) is 61.8 Å². The molecular weight excluding hydrogens is 292 g/mol. The van der Waals surface area contributed by atoms with Crippen LogP contribution in [0.25, 0.3) is 0 Å². The Morgan fingerprint density at radius 1 is 1.39 bits per heavy atom. The molecule has 126 valence electrons. The van der Waals surface area contributed by atoms with Crippen molar-refractivity contribution in [1.82, 2.24) is 10.2 Å². The maximum absolute atomic E-state index is 12.1. The molecule has 2 aliphatic rings. The summed E-state index contributed by atoms with van der Waals surface area (Å²) in [6, 6.07) is 10.2. The Morgan fingerprint density at radius 3 is 2.96 bits per heavy atom. The molecule has 0 bridgehead atoms. The summed E-state index contributed by atoms with van der Waals surface area (Å²) < 4.78 is 5.54. The van der Waals surface area contributed by atoms with Crippen molar-refractivity contribution in [3.63, 3.8) is 0 Å². The Labute approximate surface area is 137 Å². The molecule has 3 rings (SSSR count). The number of fused-ring (bicyclic) bond motifs is 1. The Morgan fingerprint density at radius 2 is 2.22 bits per heavy atom. The number of likely N-dealkylation sites (tertiary alicyclic amines) is 1. The van der Waals surface area contributed by atoms with E-state index >= 15 is 0 Å². The minimum atomic E-state index is -0.0669. The number of benzene rings is 1. The highest BCUT2D eigenvalue weighted by atomic mass is 16.5. The van der Waals surface area contributed by atoms with Crippen LogP contribution in [0.4, 0.5) is 0 Å². The zero-order valence-corrected chi connectivity index (χ0v) is 13.5. The van der Waals surface area contributed by atoms with Crippen LogP contribution in [-0.2, 0) is 16.0 Å². The van der Waals surface area contributed by atoms with Crippen molar-refractivity contribution < 1.29 is 14.6 Å². The number of ether oxygens (including phenoxy) is 1. The minimum Gasteiger partial charge on any atom is -0.396 e. The largest absolute Gasteiger partial charge is 0.396 e. The number of amides is 1. The number of aliphatic hydroxyl groups excluding tert-OH is 1. The maximum atomic E-state index is 12.1. The molecule has 2 N–H and O–H groups in total. The van der Waals surface area contributed by atoms with Crippen molar-refractivity contribution in [2.45, 2.75) is 12.8 Å². The van der Waals surface area contributed by atoms with E-state index in [4.69, 9.17) is 4.74 Å². The quantitative estimate of drug-likeness (QED) is 0.810. The van der Waals surface area contributed by atoms with Crippen LogP contribution in [-0.4, -0.2) is 61.9 Å². The fourth-order valence-electron chi connectivity index (χ4n) is 3.79. The number of hydrogen-bond acceptors (Lipinski definition) is 4. The van der Waals surface area contributed by atoms with E-state index in [1.54, 1.807) is 0 Å². The summed E-state index contributed by atoms with van der Waals surface area (Å²) in [5.41, 5.74) is 1.17. The third kappa shape index (κ3) is 3.91. The molecule has 0 aliphatic carbocycles. The lowest BCUT2D eigenvalue weighted by Gasteiger charge is -2.36. The number of nitrogens with zero attached hydrogens (tertiary/aromatic N) is 1. The van der Waals surface area contributed by atoms with E-state index in [-0.39, 0.29) is 17.9 Å². The molecule has 2 atom stereocenters. The number of rotatable bonds is 6. The van der Waals surface area contributed by atoms with Gasteiger partial charge in [0.25, 0.3) is 0 Å². The SMILES string of the molecule is O=C(CN1C[C@@H]2COCC[C@]2(CO)C1)NCCc1ccccc1. The summed E-state index contributed by atoms with van der Waals surface area (Å²) in [5, 5.41) is 12.8. The smallest absolute Gasteiger partial charge is 0.234 e. The molecule has 2 heterocycles. The van der Waals surface area contributed by atoms with E-state index < -0.39 is 0 Å². The number of carbonyl (C=O) groups excluding carboxylic acids is 1. The van der Waals surface area contributed by atoms with Gasteiger partial charge in [-0.15, -0.1) is 0 Å². The summed E-state index contributed by atoms with van der Waals surface area (Å²) in [7, 11) is 0. The monoisotopic (exact) mass is 318 g/mol. The highest BCUT2D eigenvalue weighted by Gasteiger charge is 2.48. The summed E-state index contributed by atoms with van der Waals surface area (Å²) >= 11 is 0. The molecule has 0 unspecified atom stereocenters. The second-order valence-corrected chi connectivity index (χ2v) is 6.80. The van der Waals surface area contributed by atoms with Crippen molar-refractivity contribution >= 4 is 5.91 Å². The first-order valence-electron chi connectivity index (χ1n) is 8.43. The average molecular weight is 318 g/mol. The number of aliphatic hydroxyl groups is 1. The highest BCUT2D eigenvalue weighted by Crippen LogP contribution is 2.41. The molecule has 2 saturated heterocycles. The summed E-state index contributed by atoms with van der Waals surface area (Å²) in [5.74, 6) is 0.409. The van der Waals surface area contributed by atoms with Crippen LogP contribution in [0.1, 0.15) is 12.0 Å². The highest BCUT2D eigenvalue weighted by molar-refractivity contribution is 5.78. The molecule has 2 fully saturated rings. The summed E-state index contributed by atoms with van der Waals surface area (Å²) in [6.45, 7) is 4.31. The van der Waals surface area contributed by atoms with Gasteiger partial charge in [-0.2, -0.15) is 0 Å². The fraction of sp³-hybridized carbons (Fsp3) is 0.611. The van der Waals surface area contributed by atoms with E-state index in [1.165, 1.54) is 5.56 Å². The third-order valence-corrected chi connectivity index (χ3v) is 5.21. The van der Waals surface area contributed by atoms with Crippen molar-refractivity contribution in [3.8, 4) is 0 Å². The van der Waals surface area contributed by atoms with Gasteiger partial charge in [0.2, 0.25) is 5.91 Å². The van der Waals surface area contributed by atoms with Gasteiger partial charge in [-0.25, -0.2) is 0 Å².